The second-order valence-electron chi connectivity index (χ2n) is 4.53. The van der Waals surface area contributed by atoms with Crippen LogP contribution in [0, 0.1) is 5.92 Å². The first kappa shape index (κ1) is 14.5. The van der Waals surface area contributed by atoms with E-state index in [2.05, 4.69) is 34.1 Å². The number of nitrogen functional groups attached to an aromatic ring is 1. The lowest BCUT2D eigenvalue weighted by Crippen LogP contribution is -2.17. The fourth-order valence-electron chi connectivity index (χ4n) is 1.53. The lowest BCUT2D eigenvalue weighted by atomic mass is 10.0. The van der Waals surface area contributed by atoms with Crippen LogP contribution in [-0.4, -0.2) is 27.6 Å². The van der Waals surface area contributed by atoms with Crippen molar-refractivity contribution in [3.05, 3.63) is 0 Å². The van der Waals surface area contributed by atoms with Gasteiger partial charge in [-0.3, -0.25) is 0 Å². The number of aromatic nitrogens is 3. The van der Waals surface area contributed by atoms with Gasteiger partial charge in [0.05, 0.1) is 6.10 Å². The van der Waals surface area contributed by atoms with E-state index in [4.69, 9.17) is 10.5 Å². The van der Waals surface area contributed by atoms with Gasteiger partial charge in [0.15, 0.2) is 0 Å². The Morgan fingerprint density at radius 2 is 1.83 bits per heavy atom. The molecule has 0 aliphatic rings. The summed E-state index contributed by atoms with van der Waals surface area (Å²) in [7, 11) is 0. The number of anilines is 2. The van der Waals surface area contributed by atoms with E-state index in [1.807, 2.05) is 13.8 Å². The van der Waals surface area contributed by atoms with Crippen LogP contribution in [0.4, 0.5) is 11.9 Å². The molecule has 6 heteroatoms. The Labute approximate surface area is 108 Å². The normalized spacial score (nSPS) is 11.0. The molecule has 0 saturated heterocycles. The second kappa shape index (κ2) is 6.98. The zero-order valence-corrected chi connectivity index (χ0v) is 11.6. The van der Waals surface area contributed by atoms with Crippen molar-refractivity contribution < 1.29 is 4.74 Å². The van der Waals surface area contributed by atoms with Crippen LogP contribution in [0.15, 0.2) is 0 Å². The third-order valence-electron chi connectivity index (χ3n) is 2.68. The molecule has 102 valence electrons. The number of ether oxygens (including phenoxy) is 1. The topological polar surface area (TPSA) is 86.0 Å². The van der Waals surface area contributed by atoms with E-state index in [9.17, 15) is 0 Å². The summed E-state index contributed by atoms with van der Waals surface area (Å²) in [4.78, 5) is 12.2. The van der Waals surface area contributed by atoms with Crippen LogP contribution >= 0.6 is 0 Å². The third kappa shape index (κ3) is 4.73. The van der Waals surface area contributed by atoms with Gasteiger partial charge in [0.1, 0.15) is 0 Å². The van der Waals surface area contributed by atoms with Gasteiger partial charge in [-0.1, -0.05) is 26.7 Å². The van der Waals surface area contributed by atoms with Crippen LogP contribution in [0.25, 0.3) is 0 Å². The molecule has 1 aromatic rings. The number of hydrogen-bond donors (Lipinski definition) is 2. The first-order valence-electron chi connectivity index (χ1n) is 6.47. The third-order valence-corrected chi connectivity index (χ3v) is 2.68. The molecule has 1 aromatic heterocycles. The molecule has 0 unspecified atom stereocenters. The largest absolute Gasteiger partial charge is 0.461 e. The summed E-state index contributed by atoms with van der Waals surface area (Å²) in [6.45, 7) is 9.00. The highest BCUT2D eigenvalue weighted by Gasteiger charge is 2.09. The van der Waals surface area contributed by atoms with E-state index in [1.54, 1.807) is 0 Å². The summed E-state index contributed by atoms with van der Waals surface area (Å²) in [6.07, 6.45) is 2.26. The highest BCUT2D eigenvalue weighted by Crippen LogP contribution is 2.12. The summed E-state index contributed by atoms with van der Waals surface area (Å²) in [5, 5.41) is 3.18. The maximum atomic E-state index is 5.62. The highest BCUT2D eigenvalue weighted by molar-refractivity contribution is 5.32. The van der Waals surface area contributed by atoms with Crippen LogP contribution in [0.3, 0.4) is 0 Å². The smallest absolute Gasteiger partial charge is 0.323 e. The minimum atomic E-state index is 0.0127. The number of rotatable bonds is 7. The van der Waals surface area contributed by atoms with E-state index in [0.29, 0.717) is 11.9 Å². The molecule has 0 spiro atoms. The van der Waals surface area contributed by atoms with Gasteiger partial charge >= 0.3 is 6.01 Å². The Kier molecular flexibility index (Phi) is 5.61. The van der Waals surface area contributed by atoms with Crippen molar-refractivity contribution in [3.8, 4) is 6.01 Å². The standard InChI is InChI=1S/C12H23N5O/c1-5-9(6-2)7-14-11-15-10(13)16-12(17-11)18-8(3)4/h8-9H,5-7H2,1-4H3,(H3,13,14,15,16,17). The highest BCUT2D eigenvalue weighted by atomic mass is 16.5. The van der Waals surface area contributed by atoms with Gasteiger partial charge in [-0.25, -0.2) is 0 Å². The Bertz CT molecular complexity index is 365. The number of hydrogen-bond acceptors (Lipinski definition) is 6. The zero-order chi connectivity index (χ0) is 13.5. The molecule has 6 nitrogen and oxygen atoms in total. The number of nitrogens with one attached hydrogen (secondary N) is 1. The van der Waals surface area contributed by atoms with Crippen molar-refractivity contribution >= 4 is 11.9 Å². The van der Waals surface area contributed by atoms with E-state index in [0.717, 1.165) is 19.4 Å². The van der Waals surface area contributed by atoms with Crippen LogP contribution in [-0.2, 0) is 0 Å². The Morgan fingerprint density at radius 1 is 1.17 bits per heavy atom. The molecule has 0 amide bonds. The van der Waals surface area contributed by atoms with Crippen LogP contribution in [0.2, 0.25) is 0 Å². The summed E-state index contributed by atoms with van der Waals surface area (Å²) in [5.74, 6) is 1.26. The average Bonchev–Trinajstić information content (AvgIpc) is 2.28. The first-order valence-corrected chi connectivity index (χ1v) is 6.47. The van der Waals surface area contributed by atoms with Gasteiger partial charge in [0.2, 0.25) is 11.9 Å². The monoisotopic (exact) mass is 253 g/mol. The molecule has 0 bridgehead atoms. The van der Waals surface area contributed by atoms with E-state index < -0.39 is 0 Å². The predicted molar refractivity (Wildman–Crippen MR) is 72.6 cm³/mol. The van der Waals surface area contributed by atoms with Crippen LogP contribution < -0.4 is 15.8 Å². The number of nitrogens with zero attached hydrogens (tertiary/aromatic N) is 3. The molecular formula is C12H23N5O. The molecule has 1 heterocycles. The van der Waals surface area contributed by atoms with Crippen molar-refractivity contribution in [2.75, 3.05) is 17.6 Å². The molecular weight excluding hydrogens is 230 g/mol. The molecule has 0 atom stereocenters. The molecule has 0 radical (unpaired) electrons. The fraction of sp³-hybridized carbons (Fsp3) is 0.750. The van der Waals surface area contributed by atoms with Crippen molar-refractivity contribution in [3.63, 3.8) is 0 Å². The van der Waals surface area contributed by atoms with Crippen LogP contribution in [0.1, 0.15) is 40.5 Å². The second-order valence-corrected chi connectivity index (χ2v) is 4.53. The lowest BCUT2D eigenvalue weighted by Gasteiger charge is -2.14. The first-order chi connectivity index (χ1) is 8.55. The molecule has 3 N–H and O–H groups in total. The predicted octanol–water partition coefficient (Wildman–Crippen LogP) is 2.09. The molecule has 0 aliphatic heterocycles. The minimum absolute atomic E-state index is 0.0127. The van der Waals surface area contributed by atoms with Crippen molar-refractivity contribution in [2.24, 2.45) is 5.92 Å². The van der Waals surface area contributed by atoms with Gasteiger partial charge in [0.25, 0.3) is 0 Å². The van der Waals surface area contributed by atoms with Crippen LogP contribution in [0.5, 0.6) is 6.01 Å². The summed E-state index contributed by atoms with van der Waals surface area (Å²) in [6, 6.07) is 0.268. The van der Waals surface area contributed by atoms with Crippen molar-refractivity contribution in [1.29, 1.82) is 0 Å². The molecule has 1 rings (SSSR count). The maximum Gasteiger partial charge on any atom is 0.323 e. The maximum absolute atomic E-state index is 5.62. The number of nitrogens with two attached hydrogens (primary N) is 1. The van der Waals surface area contributed by atoms with E-state index in [-0.39, 0.29) is 18.1 Å². The summed E-state index contributed by atoms with van der Waals surface area (Å²) < 4.78 is 5.41. The minimum Gasteiger partial charge on any atom is -0.461 e. The van der Waals surface area contributed by atoms with E-state index >= 15 is 0 Å². The Morgan fingerprint density at radius 3 is 2.39 bits per heavy atom. The average molecular weight is 253 g/mol. The van der Waals surface area contributed by atoms with Gasteiger partial charge in [-0.15, -0.1) is 0 Å². The molecule has 0 saturated carbocycles. The van der Waals surface area contributed by atoms with Gasteiger partial charge in [-0.2, -0.15) is 15.0 Å². The Balaban J connectivity index is 2.67. The van der Waals surface area contributed by atoms with Gasteiger partial charge in [0, 0.05) is 6.54 Å². The van der Waals surface area contributed by atoms with Crippen molar-refractivity contribution in [1.82, 2.24) is 15.0 Å². The fourth-order valence-corrected chi connectivity index (χ4v) is 1.53. The summed E-state index contributed by atoms with van der Waals surface area (Å²) in [5.41, 5.74) is 5.62. The van der Waals surface area contributed by atoms with Gasteiger partial charge < -0.3 is 15.8 Å². The summed E-state index contributed by atoms with van der Waals surface area (Å²) >= 11 is 0. The molecule has 0 aromatic carbocycles. The molecule has 18 heavy (non-hydrogen) atoms. The quantitative estimate of drug-likeness (QED) is 0.773. The zero-order valence-electron chi connectivity index (χ0n) is 11.6. The SMILES string of the molecule is CCC(CC)CNc1nc(N)nc(OC(C)C)n1. The Hall–Kier alpha value is -1.59. The van der Waals surface area contributed by atoms with Gasteiger partial charge in [-0.05, 0) is 19.8 Å². The molecule has 0 fully saturated rings. The lowest BCUT2D eigenvalue weighted by molar-refractivity contribution is 0.222. The van der Waals surface area contributed by atoms with E-state index in [1.165, 1.54) is 0 Å². The molecule has 0 aliphatic carbocycles. The van der Waals surface area contributed by atoms with Crippen molar-refractivity contribution in [2.45, 2.75) is 46.6 Å².